The third-order valence-corrected chi connectivity index (χ3v) is 5.53. The number of ether oxygens (including phenoxy) is 1. The van der Waals surface area contributed by atoms with Crippen LogP contribution in [0.3, 0.4) is 0 Å². The predicted molar refractivity (Wildman–Crippen MR) is 106 cm³/mol. The summed E-state index contributed by atoms with van der Waals surface area (Å²) in [5, 5.41) is 4.96. The molecule has 7 nitrogen and oxygen atoms in total. The number of piperidine rings is 1. The summed E-state index contributed by atoms with van der Waals surface area (Å²) in [4.78, 5) is 27.1. The van der Waals surface area contributed by atoms with Gasteiger partial charge in [-0.3, -0.25) is 4.79 Å². The SMILES string of the molecule is COc1ccc(C(=O)N2CCC3(CC2)NC(=O)N(c2ccccc2Cl)N3)cc1. The summed E-state index contributed by atoms with van der Waals surface area (Å²) in [7, 11) is 1.59. The number of hydrazine groups is 1. The summed E-state index contributed by atoms with van der Waals surface area (Å²) in [6.45, 7) is 1.07. The van der Waals surface area contributed by atoms with E-state index >= 15 is 0 Å². The third kappa shape index (κ3) is 3.39. The molecule has 1 spiro atoms. The molecule has 0 aromatic heterocycles. The van der Waals surface area contributed by atoms with Crippen molar-refractivity contribution in [2.75, 3.05) is 25.2 Å². The van der Waals surface area contributed by atoms with Gasteiger partial charge in [0.15, 0.2) is 0 Å². The summed E-state index contributed by atoms with van der Waals surface area (Å²) >= 11 is 6.23. The lowest BCUT2D eigenvalue weighted by molar-refractivity contribution is 0.0640. The minimum atomic E-state index is -0.576. The van der Waals surface area contributed by atoms with Gasteiger partial charge in [0.2, 0.25) is 0 Å². The molecule has 2 aliphatic heterocycles. The molecule has 2 aromatic rings. The maximum absolute atomic E-state index is 12.7. The van der Waals surface area contributed by atoms with Crippen LogP contribution in [0.4, 0.5) is 10.5 Å². The zero-order chi connectivity index (χ0) is 19.7. The number of carbonyl (C=O) groups is 2. The average molecular weight is 401 g/mol. The number of halogens is 1. The molecule has 0 unspecified atom stereocenters. The summed E-state index contributed by atoms with van der Waals surface area (Å²) < 4.78 is 5.14. The Morgan fingerprint density at radius 1 is 1.11 bits per heavy atom. The molecular weight excluding hydrogens is 380 g/mol. The molecule has 3 amide bonds. The van der Waals surface area contributed by atoms with Crippen LogP contribution in [-0.2, 0) is 0 Å². The smallest absolute Gasteiger partial charge is 0.338 e. The highest BCUT2D eigenvalue weighted by molar-refractivity contribution is 6.33. The monoisotopic (exact) mass is 400 g/mol. The van der Waals surface area contributed by atoms with E-state index in [1.54, 1.807) is 48.4 Å². The third-order valence-electron chi connectivity index (χ3n) is 5.21. The maximum atomic E-state index is 12.7. The van der Waals surface area contributed by atoms with Crippen LogP contribution < -0.4 is 20.5 Å². The van der Waals surface area contributed by atoms with Crippen molar-refractivity contribution in [3.05, 3.63) is 59.1 Å². The van der Waals surface area contributed by atoms with Gasteiger partial charge in [-0.15, -0.1) is 0 Å². The number of hydrogen-bond donors (Lipinski definition) is 2. The number of amides is 3. The van der Waals surface area contributed by atoms with Crippen molar-refractivity contribution in [3.63, 3.8) is 0 Å². The Morgan fingerprint density at radius 3 is 2.43 bits per heavy atom. The normalized spacial score (nSPS) is 18.3. The number of likely N-dealkylation sites (tertiary alicyclic amines) is 1. The van der Waals surface area contributed by atoms with Crippen molar-refractivity contribution < 1.29 is 14.3 Å². The highest BCUT2D eigenvalue weighted by Gasteiger charge is 2.45. The van der Waals surface area contributed by atoms with Gasteiger partial charge in [-0.2, -0.15) is 0 Å². The highest BCUT2D eigenvalue weighted by Crippen LogP contribution is 2.31. The second kappa shape index (κ2) is 7.33. The first-order valence-electron chi connectivity index (χ1n) is 9.09. The molecular formula is C20H21ClN4O3. The molecule has 0 atom stereocenters. The number of nitrogens with zero attached hydrogens (tertiary/aromatic N) is 2. The second-order valence-corrected chi connectivity index (χ2v) is 7.34. The molecule has 0 aliphatic carbocycles. The number of para-hydroxylation sites is 1. The number of methoxy groups -OCH3 is 1. The minimum absolute atomic E-state index is 0.0233. The van der Waals surface area contributed by atoms with Crippen molar-refractivity contribution in [1.82, 2.24) is 15.6 Å². The molecule has 2 aliphatic rings. The van der Waals surface area contributed by atoms with E-state index in [1.807, 2.05) is 12.1 Å². The van der Waals surface area contributed by atoms with E-state index in [0.717, 1.165) is 0 Å². The minimum Gasteiger partial charge on any atom is -0.497 e. The predicted octanol–water partition coefficient (Wildman–Crippen LogP) is 3.02. The molecule has 28 heavy (non-hydrogen) atoms. The van der Waals surface area contributed by atoms with Gasteiger partial charge in [0.1, 0.15) is 11.4 Å². The van der Waals surface area contributed by atoms with Crippen molar-refractivity contribution >= 4 is 29.2 Å². The Hall–Kier alpha value is -2.77. The average Bonchev–Trinajstić information content (AvgIpc) is 3.04. The van der Waals surface area contributed by atoms with Crippen molar-refractivity contribution in [2.45, 2.75) is 18.5 Å². The molecule has 2 N–H and O–H groups in total. The van der Waals surface area contributed by atoms with E-state index in [2.05, 4.69) is 10.7 Å². The number of nitrogens with one attached hydrogen (secondary N) is 2. The maximum Gasteiger partial charge on any atom is 0.338 e. The number of anilines is 1. The van der Waals surface area contributed by atoms with Crippen LogP contribution in [0, 0.1) is 0 Å². The number of urea groups is 1. The van der Waals surface area contributed by atoms with Gasteiger partial charge in [0, 0.05) is 31.5 Å². The lowest BCUT2D eigenvalue weighted by Crippen LogP contribution is -2.58. The first-order valence-corrected chi connectivity index (χ1v) is 9.47. The van der Waals surface area contributed by atoms with E-state index in [-0.39, 0.29) is 11.9 Å². The molecule has 2 heterocycles. The van der Waals surface area contributed by atoms with Crippen molar-refractivity contribution in [1.29, 1.82) is 0 Å². The van der Waals surface area contributed by atoms with E-state index < -0.39 is 5.66 Å². The molecule has 2 saturated heterocycles. The van der Waals surface area contributed by atoms with Crippen LogP contribution in [0.1, 0.15) is 23.2 Å². The summed E-state index contributed by atoms with van der Waals surface area (Å²) in [6.07, 6.45) is 1.20. The van der Waals surface area contributed by atoms with Crippen LogP contribution in [0.25, 0.3) is 0 Å². The quantitative estimate of drug-likeness (QED) is 0.830. The fraction of sp³-hybridized carbons (Fsp3) is 0.300. The fourth-order valence-electron chi connectivity index (χ4n) is 3.60. The first kappa shape index (κ1) is 18.6. The summed E-state index contributed by atoms with van der Waals surface area (Å²) in [5.41, 5.74) is 3.91. The van der Waals surface area contributed by atoms with Gasteiger partial charge in [0.05, 0.1) is 17.8 Å². The number of carbonyl (C=O) groups excluding carboxylic acids is 2. The van der Waals surface area contributed by atoms with Gasteiger partial charge in [-0.1, -0.05) is 23.7 Å². The summed E-state index contributed by atoms with van der Waals surface area (Å²) in [5.74, 6) is 0.691. The first-order chi connectivity index (χ1) is 13.5. The Bertz CT molecular complexity index is 895. The molecule has 2 fully saturated rings. The van der Waals surface area contributed by atoms with Crippen LogP contribution >= 0.6 is 11.6 Å². The van der Waals surface area contributed by atoms with Crippen LogP contribution in [0.15, 0.2) is 48.5 Å². The Balaban J connectivity index is 1.43. The van der Waals surface area contributed by atoms with Gasteiger partial charge in [-0.05, 0) is 36.4 Å². The lowest BCUT2D eigenvalue weighted by atomic mass is 9.97. The molecule has 2 aromatic carbocycles. The topological polar surface area (TPSA) is 73.9 Å². The number of benzene rings is 2. The zero-order valence-corrected chi connectivity index (χ0v) is 16.2. The molecule has 8 heteroatoms. The summed E-state index contributed by atoms with van der Waals surface area (Å²) in [6, 6.07) is 14.0. The Morgan fingerprint density at radius 2 is 1.79 bits per heavy atom. The van der Waals surface area contributed by atoms with E-state index in [9.17, 15) is 9.59 Å². The lowest BCUT2D eigenvalue weighted by Gasteiger charge is -2.38. The number of hydrogen-bond acceptors (Lipinski definition) is 4. The zero-order valence-electron chi connectivity index (χ0n) is 15.4. The number of rotatable bonds is 3. The molecule has 0 saturated carbocycles. The van der Waals surface area contributed by atoms with Crippen LogP contribution in [0.2, 0.25) is 5.02 Å². The standard InChI is InChI=1S/C20H21ClN4O3/c1-28-15-8-6-14(7-9-15)18(26)24-12-10-20(11-13-24)22-19(27)25(23-20)17-5-3-2-4-16(17)21/h2-9,23H,10-13H2,1H3,(H,22,27). The van der Waals surface area contributed by atoms with E-state index in [4.69, 9.17) is 16.3 Å². The van der Waals surface area contributed by atoms with E-state index in [0.29, 0.717) is 48.0 Å². The highest BCUT2D eigenvalue weighted by atomic mass is 35.5. The Labute approximate surface area is 168 Å². The Kier molecular flexibility index (Phi) is 4.87. The molecule has 0 bridgehead atoms. The fourth-order valence-corrected chi connectivity index (χ4v) is 3.82. The van der Waals surface area contributed by atoms with Crippen molar-refractivity contribution in [2.24, 2.45) is 0 Å². The molecule has 146 valence electrons. The van der Waals surface area contributed by atoms with Gasteiger partial charge in [0.25, 0.3) is 5.91 Å². The molecule has 4 rings (SSSR count). The second-order valence-electron chi connectivity index (χ2n) is 6.93. The van der Waals surface area contributed by atoms with Crippen LogP contribution in [0.5, 0.6) is 5.75 Å². The van der Waals surface area contributed by atoms with Gasteiger partial charge in [-0.25, -0.2) is 15.2 Å². The van der Waals surface area contributed by atoms with Gasteiger partial charge < -0.3 is 15.0 Å². The largest absolute Gasteiger partial charge is 0.497 e. The van der Waals surface area contributed by atoms with Gasteiger partial charge >= 0.3 is 6.03 Å². The molecule has 0 radical (unpaired) electrons. The van der Waals surface area contributed by atoms with E-state index in [1.165, 1.54) is 5.01 Å². The van der Waals surface area contributed by atoms with Crippen molar-refractivity contribution in [3.8, 4) is 5.75 Å². The van der Waals surface area contributed by atoms with Crippen LogP contribution in [-0.4, -0.2) is 42.7 Å².